The van der Waals surface area contributed by atoms with Crippen LogP contribution in [0.1, 0.15) is 20.8 Å². The van der Waals surface area contributed by atoms with E-state index in [1.165, 1.54) is 31.2 Å². The predicted octanol–water partition coefficient (Wildman–Crippen LogP) is 2.68. The molecule has 0 spiro atoms. The molecule has 1 aromatic carbocycles. The highest BCUT2D eigenvalue weighted by Gasteiger charge is 2.18. The Morgan fingerprint density at radius 2 is 1.59 bits per heavy atom. The molecule has 0 saturated carbocycles. The molecular formula is C11H13NO4S. The second-order valence-electron chi connectivity index (χ2n) is 3.81. The van der Waals surface area contributed by atoms with Crippen LogP contribution in [-0.2, 0) is 9.84 Å². The topological polar surface area (TPSA) is 77.3 Å². The van der Waals surface area contributed by atoms with Crippen LogP contribution in [0.3, 0.4) is 0 Å². The average Bonchev–Trinajstić information content (AvgIpc) is 2.27. The van der Waals surface area contributed by atoms with Gasteiger partial charge in [0.05, 0.1) is 9.82 Å². The van der Waals surface area contributed by atoms with Gasteiger partial charge in [0.2, 0.25) is 9.84 Å². The van der Waals surface area contributed by atoms with Crippen LogP contribution in [0.4, 0.5) is 5.69 Å². The number of nitro benzene ring substituents is 1. The fourth-order valence-electron chi connectivity index (χ4n) is 1.19. The largest absolute Gasteiger partial charge is 0.269 e. The minimum Gasteiger partial charge on any atom is -0.258 e. The van der Waals surface area contributed by atoms with Gasteiger partial charge in [-0.2, -0.15) is 0 Å². The molecule has 0 aliphatic carbocycles. The maximum absolute atomic E-state index is 12.0. The van der Waals surface area contributed by atoms with Gasteiger partial charge >= 0.3 is 0 Å². The summed E-state index contributed by atoms with van der Waals surface area (Å²) in [6, 6.07) is 4.87. The number of benzene rings is 1. The molecule has 0 N–H and O–H groups in total. The summed E-state index contributed by atoms with van der Waals surface area (Å²) in [7, 11) is -3.52. The van der Waals surface area contributed by atoms with Gasteiger partial charge in [-0.3, -0.25) is 10.1 Å². The Bertz CT molecular complexity index is 566. The number of sulfone groups is 1. The van der Waals surface area contributed by atoms with Crippen LogP contribution in [0.2, 0.25) is 0 Å². The van der Waals surface area contributed by atoms with Crippen molar-refractivity contribution in [3.05, 3.63) is 44.9 Å². The number of nitrogens with zero attached hydrogens (tertiary/aromatic N) is 1. The first-order valence-corrected chi connectivity index (χ1v) is 6.38. The molecule has 0 aliphatic rings. The van der Waals surface area contributed by atoms with E-state index in [1.54, 1.807) is 13.8 Å². The van der Waals surface area contributed by atoms with Crippen LogP contribution in [0, 0.1) is 10.1 Å². The van der Waals surface area contributed by atoms with Crippen LogP contribution in [0.15, 0.2) is 39.6 Å². The second kappa shape index (κ2) is 4.67. The third-order valence-corrected chi connectivity index (χ3v) is 4.57. The van der Waals surface area contributed by atoms with Crippen LogP contribution < -0.4 is 0 Å². The number of nitro groups is 1. The predicted molar refractivity (Wildman–Crippen MR) is 64.3 cm³/mol. The van der Waals surface area contributed by atoms with Crippen molar-refractivity contribution in [1.82, 2.24) is 0 Å². The first-order valence-electron chi connectivity index (χ1n) is 4.90. The molecule has 0 aliphatic heterocycles. The molecule has 1 rings (SSSR count). The van der Waals surface area contributed by atoms with E-state index in [2.05, 4.69) is 0 Å². The van der Waals surface area contributed by atoms with Crippen molar-refractivity contribution in [3.8, 4) is 0 Å². The smallest absolute Gasteiger partial charge is 0.258 e. The summed E-state index contributed by atoms with van der Waals surface area (Å²) in [4.78, 5) is 10.2. The Hall–Kier alpha value is -1.69. The number of non-ortho nitro benzene ring substituents is 1. The minimum absolute atomic E-state index is 0.0711. The van der Waals surface area contributed by atoms with E-state index in [4.69, 9.17) is 0 Å². The summed E-state index contributed by atoms with van der Waals surface area (Å²) in [5, 5.41) is 10.5. The number of hydrogen-bond donors (Lipinski definition) is 0. The molecule has 5 nitrogen and oxygen atoms in total. The van der Waals surface area contributed by atoms with Gasteiger partial charge in [0.25, 0.3) is 5.69 Å². The highest BCUT2D eigenvalue weighted by molar-refractivity contribution is 7.95. The average molecular weight is 255 g/mol. The van der Waals surface area contributed by atoms with E-state index < -0.39 is 14.8 Å². The van der Waals surface area contributed by atoms with E-state index in [-0.39, 0.29) is 15.5 Å². The van der Waals surface area contributed by atoms with Crippen molar-refractivity contribution in [2.75, 3.05) is 0 Å². The standard InChI is InChI=1S/C11H13NO4S/c1-8(2)9(3)17(15,16)11-6-4-10(5-7-11)12(13)14/h4-7H,1-3H3. The lowest BCUT2D eigenvalue weighted by Gasteiger charge is -2.06. The fraction of sp³-hybridized carbons (Fsp3) is 0.273. The van der Waals surface area contributed by atoms with Crippen molar-refractivity contribution in [2.24, 2.45) is 0 Å². The Morgan fingerprint density at radius 1 is 1.12 bits per heavy atom. The summed E-state index contributed by atoms with van der Waals surface area (Å²) in [6.07, 6.45) is 0. The normalized spacial score (nSPS) is 11.0. The number of hydrogen-bond acceptors (Lipinski definition) is 4. The molecule has 0 aromatic heterocycles. The quantitative estimate of drug-likeness (QED) is 0.614. The molecule has 0 atom stereocenters. The lowest BCUT2D eigenvalue weighted by atomic mass is 10.3. The van der Waals surface area contributed by atoms with Crippen molar-refractivity contribution in [1.29, 1.82) is 0 Å². The Labute approximate surface area is 99.8 Å². The lowest BCUT2D eigenvalue weighted by Crippen LogP contribution is -2.03. The molecule has 0 bridgehead atoms. The molecule has 1 aromatic rings. The number of rotatable bonds is 3. The molecule has 92 valence electrons. The summed E-state index contributed by atoms with van der Waals surface area (Å²) in [5.74, 6) is 0. The third kappa shape index (κ3) is 2.71. The van der Waals surface area contributed by atoms with Crippen molar-refractivity contribution < 1.29 is 13.3 Å². The van der Waals surface area contributed by atoms with Crippen molar-refractivity contribution in [3.63, 3.8) is 0 Å². The zero-order chi connectivity index (χ0) is 13.2. The Balaban J connectivity index is 3.28. The molecule has 0 saturated heterocycles. The van der Waals surface area contributed by atoms with E-state index in [0.717, 1.165) is 0 Å². The molecule has 0 fully saturated rings. The summed E-state index contributed by atoms with van der Waals surface area (Å²) in [5.41, 5.74) is 0.571. The van der Waals surface area contributed by atoms with E-state index >= 15 is 0 Å². The summed E-state index contributed by atoms with van der Waals surface area (Å²) >= 11 is 0. The van der Waals surface area contributed by atoms with E-state index in [1.807, 2.05) is 0 Å². The number of allylic oxidation sites excluding steroid dienone is 2. The van der Waals surface area contributed by atoms with Gasteiger partial charge in [-0.1, -0.05) is 5.57 Å². The van der Waals surface area contributed by atoms with E-state index in [9.17, 15) is 18.5 Å². The van der Waals surface area contributed by atoms with Gasteiger partial charge < -0.3 is 0 Å². The molecule has 0 heterocycles. The minimum atomic E-state index is -3.52. The van der Waals surface area contributed by atoms with Gasteiger partial charge in [0, 0.05) is 17.0 Å². The second-order valence-corrected chi connectivity index (χ2v) is 5.90. The van der Waals surface area contributed by atoms with Crippen molar-refractivity contribution >= 4 is 15.5 Å². The first-order chi connectivity index (χ1) is 7.76. The third-order valence-electron chi connectivity index (χ3n) is 2.47. The highest BCUT2D eigenvalue weighted by atomic mass is 32.2. The fourth-order valence-corrected chi connectivity index (χ4v) is 2.58. The van der Waals surface area contributed by atoms with Gasteiger partial charge in [0.1, 0.15) is 0 Å². The maximum Gasteiger partial charge on any atom is 0.269 e. The van der Waals surface area contributed by atoms with Crippen LogP contribution in [0.5, 0.6) is 0 Å². The molecule has 0 amide bonds. The summed E-state index contributed by atoms with van der Waals surface area (Å²) < 4.78 is 24.1. The Morgan fingerprint density at radius 3 is 1.94 bits per heavy atom. The zero-order valence-electron chi connectivity index (χ0n) is 9.80. The van der Waals surface area contributed by atoms with Gasteiger partial charge in [-0.25, -0.2) is 8.42 Å². The van der Waals surface area contributed by atoms with Gasteiger partial charge in [-0.15, -0.1) is 0 Å². The van der Waals surface area contributed by atoms with E-state index in [0.29, 0.717) is 5.57 Å². The molecule has 6 heteroatoms. The summed E-state index contributed by atoms with van der Waals surface area (Å²) in [6.45, 7) is 4.93. The van der Waals surface area contributed by atoms with Crippen molar-refractivity contribution in [2.45, 2.75) is 25.7 Å². The van der Waals surface area contributed by atoms with Gasteiger partial charge in [0.15, 0.2) is 0 Å². The molecule has 0 unspecified atom stereocenters. The molecule has 0 radical (unpaired) electrons. The highest BCUT2D eigenvalue weighted by Crippen LogP contribution is 2.23. The van der Waals surface area contributed by atoms with Gasteiger partial charge in [-0.05, 0) is 32.9 Å². The zero-order valence-corrected chi connectivity index (χ0v) is 10.6. The lowest BCUT2D eigenvalue weighted by molar-refractivity contribution is -0.384. The van der Waals surface area contributed by atoms with Crippen LogP contribution in [-0.4, -0.2) is 13.3 Å². The maximum atomic E-state index is 12.0. The SMILES string of the molecule is CC(C)=C(C)S(=O)(=O)c1ccc([N+](=O)[O-])cc1. The Kier molecular flexibility index (Phi) is 3.67. The molecular weight excluding hydrogens is 242 g/mol. The molecule has 17 heavy (non-hydrogen) atoms. The monoisotopic (exact) mass is 255 g/mol. The first kappa shape index (κ1) is 13.4. The van der Waals surface area contributed by atoms with Crippen LogP contribution in [0.25, 0.3) is 0 Å². The van der Waals surface area contributed by atoms with Crippen LogP contribution >= 0.6 is 0 Å².